The Kier molecular flexibility index (Phi) is 5.10. The number of benzene rings is 2. The first kappa shape index (κ1) is 14.8. The molecule has 0 radical (unpaired) electrons. The summed E-state index contributed by atoms with van der Waals surface area (Å²) in [4.78, 5) is 11.9. The molecule has 0 spiro atoms. The Morgan fingerprint density at radius 1 is 1.10 bits per heavy atom. The van der Waals surface area contributed by atoms with Crippen molar-refractivity contribution in [2.75, 3.05) is 7.11 Å². The predicted octanol–water partition coefficient (Wildman–Crippen LogP) is 3.04. The molecule has 0 aromatic heterocycles. The smallest absolute Gasteiger partial charge is 0.271 e. The van der Waals surface area contributed by atoms with Crippen LogP contribution in [-0.4, -0.2) is 18.7 Å². The van der Waals surface area contributed by atoms with Crippen LogP contribution in [0.3, 0.4) is 0 Å². The Morgan fingerprint density at radius 2 is 1.76 bits per heavy atom. The second kappa shape index (κ2) is 7.24. The maximum absolute atomic E-state index is 11.9. The summed E-state index contributed by atoms with van der Waals surface area (Å²) in [7, 11) is 1.59. The van der Waals surface area contributed by atoms with Crippen LogP contribution in [0, 0.1) is 0 Å². The first-order valence-corrected chi connectivity index (χ1v) is 6.70. The molecule has 21 heavy (non-hydrogen) atoms. The van der Waals surface area contributed by atoms with Crippen LogP contribution in [0.4, 0.5) is 0 Å². The molecule has 4 nitrogen and oxygen atoms in total. The van der Waals surface area contributed by atoms with Gasteiger partial charge in [-0.3, -0.25) is 4.79 Å². The maximum atomic E-state index is 11.9. The number of nitrogens with one attached hydrogen (secondary N) is 1. The number of ether oxygens (including phenoxy) is 1. The Labute approximate surface area is 124 Å². The summed E-state index contributed by atoms with van der Waals surface area (Å²) in [5.74, 6) is 0.486. The van der Waals surface area contributed by atoms with Crippen molar-refractivity contribution >= 4 is 11.6 Å². The molecule has 2 aromatic rings. The van der Waals surface area contributed by atoms with E-state index in [1.54, 1.807) is 31.4 Å². The molecule has 108 valence electrons. The average Bonchev–Trinajstić information content (AvgIpc) is 2.53. The van der Waals surface area contributed by atoms with Gasteiger partial charge in [-0.1, -0.05) is 30.3 Å². The molecule has 0 aliphatic carbocycles. The van der Waals surface area contributed by atoms with Crippen LogP contribution in [0.25, 0.3) is 0 Å². The third-order valence-corrected chi connectivity index (χ3v) is 3.00. The fourth-order valence-electron chi connectivity index (χ4n) is 1.88. The van der Waals surface area contributed by atoms with Gasteiger partial charge in [0.1, 0.15) is 5.75 Å². The van der Waals surface area contributed by atoms with E-state index in [9.17, 15) is 4.79 Å². The molecule has 0 saturated carbocycles. The standard InChI is InChI=1S/C17H18N2O2/c1-13(12-14-6-4-3-5-7-14)18-19-17(20)15-8-10-16(21-2)11-9-15/h3-11H,12H2,1-2H3,(H,19,20)/b18-13-. The van der Waals surface area contributed by atoms with Crippen LogP contribution < -0.4 is 10.2 Å². The largest absolute Gasteiger partial charge is 0.497 e. The van der Waals surface area contributed by atoms with E-state index in [4.69, 9.17) is 4.74 Å². The van der Waals surface area contributed by atoms with Crippen molar-refractivity contribution in [1.82, 2.24) is 5.43 Å². The van der Waals surface area contributed by atoms with E-state index in [0.717, 1.165) is 17.0 Å². The molecule has 2 aromatic carbocycles. The van der Waals surface area contributed by atoms with Gasteiger partial charge in [-0.25, -0.2) is 5.43 Å². The zero-order chi connectivity index (χ0) is 15.1. The highest BCUT2D eigenvalue weighted by molar-refractivity contribution is 5.95. The van der Waals surface area contributed by atoms with Crippen molar-refractivity contribution in [3.63, 3.8) is 0 Å². The summed E-state index contributed by atoms with van der Waals surface area (Å²) >= 11 is 0. The number of hydrogen-bond acceptors (Lipinski definition) is 3. The summed E-state index contributed by atoms with van der Waals surface area (Å²) in [5.41, 5.74) is 5.13. The molecule has 4 heteroatoms. The highest BCUT2D eigenvalue weighted by atomic mass is 16.5. The van der Waals surface area contributed by atoms with Crippen molar-refractivity contribution < 1.29 is 9.53 Å². The Morgan fingerprint density at radius 3 is 2.38 bits per heavy atom. The normalized spacial score (nSPS) is 11.0. The fraction of sp³-hybridized carbons (Fsp3) is 0.176. The topological polar surface area (TPSA) is 50.7 Å². The van der Waals surface area contributed by atoms with Crippen LogP contribution in [-0.2, 0) is 6.42 Å². The molecule has 0 bridgehead atoms. The molecular formula is C17H18N2O2. The third-order valence-electron chi connectivity index (χ3n) is 3.00. The van der Waals surface area contributed by atoms with Crippen LogP contribution in [0.2, 0.25) is 0 Å². The Hall–Kier alpha value is -2.62. The van der Waals surface area contributed by atoms with E-state index < -0.39 is 0 Å². The number of hydrazone groups is 1. The van der Waals surface area contributed by atoms with E-state index in [2.05, 4.69) is 10.5 Å². The van der Waals surface area contributed by atoms with Crippen LogP contribution in [0.5, 0.6) is 5.75 Å². The van der Waals surface area contributed by atoms with Crippen molar-refractivity contribution in [3.8, 4) is 5.75 Å². The number of nitrogens with zero attached hydrogens (tertiary/aromatic N) is 1. The van der Waals surface area contributed by atoms with Gasteiger partial charge in [0.05, 0.1) is 7.11 Å². The lowest BCUT2D eigenvalue weighted by atomic mass is 10.1. The van der Waals surface area contributed by atoms with Crippen molar-refractivity contribution in [2.45, 2.75) is 13.3 Å². The van der Waals surface area contributed by atoms with E-state index in [1.165, 1.54) is 0 Å². The lowest BCUT2D eigenvalue weighted by molar-refractivity contribution is 0.0954. The van der Waals surface area contributed by atoms with Gasteiger partial charge in [0.25, 0.3) is 5.91 Å². The summed E-state index contributed by atoms with van der Waals surface area (Å²) in [6, 6.07) is 16.9. The molecule has 0 aliphatic rings. The van der Waals surface area contributed by atoms with Crippen molar-refractivity contribution in [1.29, 1.82) is 0 Å². The number of amides is 1. The Bertz CT molecular complexity index is 619. The summed E-state index contributed by atoms with van der Waals surface area (Å²) in [6.07, 6.45) is 0.712. The number of carbonyl (C=O) groups is 1. The average molecular weight is 282 g/mol. The second-order valence-electron chi connectivity index (χ2n) is 4.68. The number of hydrogen-bond donors (Lipinski definition) is 1. The molecule has 1 N–H and O–H groups in total. The third kappa shape index (κ3) is 4.45. The minimum atomic E-state index is -0.231. The molecule has 1 amide bonds. The lowest BCUT2D eigenvalue weighted by Crippen LogP contribution is -2.19. The van der Waals surface area contributed by atoms with Gasteiger partial charge in [-0.05, 0) is 36.8 Å². The maximum Gasteiger partial charge on any atom is 0.271 e. The highest BCUT2D eigenvalue weighted by Gasteiger charge is 2.04. The van der Waals surface area contributed by atoms with E-state index in [0.29, 0.717) is 12.0 Å². The molecule has 2 rings (SSSR count). The molecular weight excluding hydrogens is 264 g/mol. The van der Waals surface area contributed by atoms with Crippen molar-refractivity contribution in [3.05, 3.63) is 65.7 Å². The SMILES string of the molecule is COc1ccc(C(=O)N/N=C(/C)Cc2ccccc2)cc1. The fourth-order valence-corrected chi connectivity index (χ4v) is 1.88. The van der Waals surface area contributed by atoms with Crippen LogP contribution >= 0.6 is 0 Å². The van der Waals surface area contributed by atoms with Gasteiger partial charge in [0.15, 0.2) is 0 Å². The zero-order valence-corrected chi connectivity index (χ0v) is 12.2. The minimum absolute atomic E-state index is 0.231. The monoisotopic (exact) mass is 282 g/mol. The quantitative estimate of drug-likeness (QED) is 0.677. The van der Waals surface area contributed by atoms with Gasteiger partial charge in [-0.15, -0.1) is 0 Å². The van der Waals surface area contributed by atoms with Gasteiger partial charge in [0.2, 0.25) is 0 Å². The predicted molar refractivity (Wildman–Crippen MR) is 83.7 cm³/mol. The van der Waals surface area contributed by atoms with E-state index in [-0.39, 0.29) is 5.91 Å². The number of carbonyl (C=O) groups excluding carboxylic acids is 1. The molecule has 0 atom stereocenters. The minimum Gasteiger partial charge on any atom is -0.497 e. The van der Waals surface area contributed by atoms with Crippen molar-refractivity contribution in [2.24, 2.45) is 5.10 Å². The second-order valence-corrected chi connectivity index (χ2v) is 4.68. The van der Waals surface area contributed by atoms with Gasteiger partial charge < -0.3 is 4.74 Å². The molecule has 0 aliphatic heterocycles. The van der Waals surface area contributed by atoms with Gasteiger partial charge >= 0.3 is 0 Å². The van der Waals surface area contributed by atoms with Crippen LogP contribution in [0.15, 0.2) is 59.7 Å². The van der Waals surface area contributed by atoms with E-state index in [1.807, 2.05) is 37.3 Å². The van der Waals surface area contributed by atoms with E-state index >= 15 is 0 Å². The summed E-state index contributed by atoms with van der Waals surface area (Å²) in [5, 5.41) is 4.12. The molecule has 0 saturated heterocycles. The first-order chi connectivity index (χ1) is 10.2. The first-order valence-electron chi connectivity index (χ1n) is 6.70. The van der Waals surface area contributed by atoms with Gasteiger partial charge in [-0.2, -0.15) is 5.10 Å². The zero-order valence-electron chi connectivity index (χ0n) is 12.2. The van der Waals surface area contributed by atoms with Gasteiger partial charge in [0, 0.05) is 17.7 Å². The number of methoxy groups -OCH3 is 1. The number of rotatable bonds is 5. The highest BCUT2D eigenvalue weighted by Crippen LogP contribution is 2.11. The molecule has 0 heterocycles. The summed E-state index contributed by atoms with van der Waals surface area (Å²) in [6.45, 7) is 1.89. The van der Waals surface area contributed by atoms with Crippen LogP contribution in [0.1, 0.15) is 22.8 Å². The Balaban J connectivity index is 1.94. The molecule has 0 unspecified atom stereocenters. The summed E-state index contributed by atoms with van der Waals surface area (Å²) < 4.78 is 5.05. The lowest BCUT2D eigenvalue weighted by Gasteiger charge is -2.04. The molecule has 0 fully saturated rings.